The number of aliphatic hydroxyl groups is 1. The highest BCUT2D eigenvalue weighted by atomic mass is 16.6. The molecule has 0 spiro atoms. The first-order valence-electron chi connectivity index (χ1n) is 20.7. The van der Waals surface area contributed by atoms with Crippen molar-refractivity contribution in [3.63, 3.8) is 0 Å². The molecule has 11 nitrogen and oxygen atoms in total. The second-order valence-electron chi connectivity index (χ2n) is 14.5. The number of hydrogen-bond donors (Lipinski definition) is 3. The van der Waals surface area contributed by atoms with Crippen LogP contribution in [0.25, 0.3) is 0 Å². The molecule has 0 aliphatic rings. The van der Waals surface area contributed by atoms with Gasteiger partial charge in [0, 0.05) is 12.8 Å². The molecule has 11 heteroatoms. The largest absolute Gasteiger partial charge is 0.481 e. The van der Waals surface area contributed by atoms with Gasteiger partial charge in [0.05, 0.1) is 12.8 Å². The van der Waals surface area contributed by atoms with Gasteiger partial charge in [0.25, 0.3) is 0 Å². The molecule has 0 aromatic carbocycles. The Morgan fingerprint density at radius 1 is 0.462 bits per heavy atom. The van der Waals surface area contributed by atoms with Gasteiger partial charge in [-0.25, -0.2) is 4.79 Å². The highest BCUT2D eigenvalue weighted by molar-refractivity contribution is 5.88. The van der Waals surface area contributed by atoms with Gasteiger partial charge in [0.15, 0.2) is 11.7 Å². The van der Waals surface area contributed by atoms with Crippen molar-refractivity contribution >= 4 is 29.8 Å². The Balaban J connectivity index is 4.54. The highest BCUT2D eigenvalue weighted by Gasteiger charge is 2.41. The molecule has 0 aromatic heterocycles. The fourth-order valence-corrected chi connectivity index (χ4v) is 6.13. The van der Waals surface area contributed by atoms with Crippen molar-refractivity contribution in [3.8, 4) is 0 Å². The molecule has 52 heavy (non-hydrogen) atoms. The summed E-state index contributed by atoms with van der Waals surface area (Å²) in [6.07, 6.45) is 27.5. The molecule has 0 fully saturated rings. The minimum Gasteiger partial charge on any atom is -0.481 e. The zero-order valence-electron chi connectivity index (χ0n) is 32.8. The fourth-order valence-electron chi connectivity index (χ4n) is 6.13. The lowest BCUT2D eigenvalue weighted by Gasteiger charge is -2.22. The normalized spacial score (nSPS) is 12.9. The van der Waals surface area contributed by atoms with Gasteiger partial charge in [-0.3, -0.25) is 19.2 Å². The molecule has 0 saturated carbocycles. The van der Waals surface area contributed by atoms with Crippen LogP contribution in [0.5, 0.6) is 0 Å². The van der Waals surface area contributed by atoms with E-state index in [1.807, 2.05) is 0 Å². The second kappa shape index (κ2) is 34.1. The molecule has 0 saturated heterocycles. The van der Waals surface area contributed by atoms with E-state index in [-0.39, 0.29) is 19.4 Å². The van der Waals surface area contributed by atoms with Gasteiger partial charge >= 0.3 is 29.8 Å². The van der Waals surface area contributed by atoms with Crippen LogP contribution in [-0.4, -0.2) is 70.1 Å². The topological polar surface area (TPSA) is 174 Å². The Kier molecular flexibility index (Phi) is 32.3. The third-order valence-electron chi connectivity index (χ3n) is 9.41. The Morgan fingerprint density at radius 2 is 0.788 bits per heavy atom. The number of unbranched alkanes of at least 4 members (excludes halogenated alkanes) is 24. The Labute approximate surface area is 314 Å². The van der Waals surface area contributed by atoms with E-state index in [4.69, 9.17) is 19.3 Å². The molecular weight excluding hydrogens is 668 g/mol. The summed E-state index contributed by atoms with van der Waals surface area (Å²) in [5, 5.41) is 28.3. The molecule has 0 radical (unpaired) electrons. The molecular formula is C41H74O11. The van der Waals surface area contributed by atoms with E-state index in [1.54, 1.807) is 0 Å². The lowest BCUT2D eigenvalue weighted by atomic mass is 9.96. The summed E-state index contributed by atoms with van der Waals surface area (Å²) in [4.78, 5) is 59.8. The molecule has 0 aromatic rings. The van der Waals surface area contributed by atoms with Crippen molar-refractivity contribution in [2.24, 2.45) is 0 Å². The maximum Gasteiger partial charge on any atom is 0.336 e. The van der Waals surface area contributed by atoms with E-state index in [9.17, 15) is 34.2 Å². The Morgan fingerprint density at radius 3 is 1.13 bits per heavy atom. The molecule has 0 amide bonds. The van der Waals surface area contributed by atoms with Crippen molar-refractivity contribution in [1.82, 2.24) is 0 Å². The van der Waals surface area contributed by atoms with Crippen molar-refractivity contribution in [1.29, 1.82) is 0 Å². The predicted octanol–water partition coefficient (Wildman–Crippen LogP) is 9.63. The fraction of sp³-hybridized carbons (Fsp3) is 0.878. The average molecular weight is 743 g/mol. The molecule has 3 N–H and O–H groups in total. The molecule has 2 unspecified atom stereocenters. The van der Waals surface area contributed by atoms with E-state index in [1.165, 1.54) is 116 Å². The number of aliphatic carboxylic acids is 2. The van der Waals surface area contributed by atoms with Crippen LogP contribution in [0.4, 0.5) is 0 Å². The van der Waals surface area contributed by atoms with E-state index < -0.39 is 61.0 Å². The summed E-state index contributed by atoms with van der Waals surface area (Å²) in [6.45, 7) is 3.56. The van der Waals surface area contributed by atoms with E-state index in [2.05, 4.69) is 13.8 Å². The molecule has 0 bridgehead atoms. The van der Waals surface area contributed by atoms with Gasteiger partial charge in [-0.05, 0) is 12.8 Å². The van der Waals surface area contributed by atoms with Gasteiger partial charge in [0.2, 0.25) is 0 Å². The van der Waals surface area contributed by atoms with Crippen LogP contribution in [0.1, 0.15) is 206 Å². The predicted molar refractivity (Wildman–Crippen MR) is 202 cm³/mol. The van der Waals surface area contributed by atoms with Crippen molar-refractivity contribution in [3.05, 3.63) is 0 Å². The van der Waals surface area contributed by atoms with Crippen LogP contribution >= 0.6 is 0 Å². The number of ether oxygens (including phenoxy) is 3. The number of carboxylic acid groups (broad SMARTS) is 2. The van der Waals surface area contributed by atoms with Crippen molar-refractivity contribution in [2.45, 2.75) is 218 Å². The summed E-state index contributed by atoms with van der Waals surface area (Å²) in [6, 6.07) is 0. The highest BCUT2D eigenvalue weighted by Crippen LogP contribution is 2.18. The zero-order valence-corrected chi connectivity index (χ0v) is 32.8. The first kappa shape index (κ1) is 49.3. The quantitative estimate of drug-likeness (QED) is 0.0312. The number of esters is 3. The first-order chi connectivity index (χ1) is 25.0. The molecule has 0 rings (SSSR count). The summed E-state index contributed by atoms with van der Waals surface area (Å²) in [5.41, 5.74) is -2.86. The van der Waals surface area contributed by atoms with Crippen LogP contribution in [0, 0.1) is 0 Å². The minimum atomic E-state index is -2.86. The van der Waals surface area contributed by atoms with Crippen LogP contribution in [0.15, 0.2) is 0 Å². The van der Waals surface area contributed by atoms with E-state index in [0.29, 0.717) is 12.8 Å². The van der Waals surface area contributed by atoms with Crippen LogP contribution in [0.2, 0.25) is 0 Å². The average Bonchev–Trinajstić information content (AvgIpc) is 3.09. The standard InChI is InChI=1S/C41H74O11/c1-3-5-7-9-11-13-15-17-19-21-23-25-27-29-37(44)50-33-35(34-51-39(46)32-41(49,40(47)48)31-36(42)43)52-38(45)30-28-26-24-22-20-18-16-14-12-10-8-6-4-2/h35,49H,3-34H2,1-2H3,(H,42,43)(H,47,48). The molecule has 0 aliphatic carbocycles. The second-order valence-corrected chi connectivity index (χ2v) is 14.5. The monoisotopic (exact) mass is 743 g/mol. The third kappa shape index (κ3) is 30.9. The molecule has 304 valence electrons. The SMILES string of the molecule is CCCCCCCCCCCCCCCC(=O)OCC(COC(=O)CC(O)(CC(=O)O)C(=O)O)OC(=O)CCCCCCCCCCCCCCC. The van der Waals surface area contributed by atoms with Crippen molar-refractivity contribution < 1.29 is 53.5 Å². The summed E-state index contributed by atoms with van der Waals surface area (Å²) >= 11 is 0. The van der Waals surface area contributed by atoms with Gasteiger partial charge in [-0.15, -0.1) is 0 Å². The number of carboxylic acids is 2. The summed E-state index contributed by atoms with van der Waals surface area (Å²) < 4.78 is 15.8. The number of rotatable bonds is 38. The Bertz CT molecular complexity index is 938. The van der Waals surface area contributed by atoms with E-state index in [0.717, 1.165) is 38.5 Å². The lowest BCUT2D eigenvalue weighted by molar-refractivity contribution is -0.175. The first-order valence-corrected chi connectivity index (χ1v) is 20.7. The maximum atomic E-state index is 12.6. The van der Waals surface area contributed by atoms with Crippen LogP contribution in [-0.2, 0) is 38.2 Å². The van der Waals surface area contributed by atoms with Crippen molar-refractivity contribution in [2.75, 3.05) is 13.2 Å². The number of carbonyl (C=O) groups is 5. The van der Waals surface area contributed by atoms with Gasteiger partial charge in [-0.1, -0.05) is 168 Å². The third-order valence-corrected chi connectivity index (χ3v) is 9.41. The number of hydrogen-bond acceptors (Lipinski definition) is 9. The van der Waals surface area contributed by atoms with Gasteiger partial charge < -0.3 is 29.5 Å². The van der Waals surface area contributed by atoms with E-state index >= 15 is 0 Å². The summed E-state index contributed by atoms with van der Waals surface area (Å²) in [5.74, 6) is -5.68. The minimum absolute atomic E-state index is 0.145. The smallest absolute Gasteiger partial charge is 0.336 e. The van der Waals surface area contributed by atoms with Gasteiger partial charge in [-0.2, -0.15) is 0 Å². The molecule has 2 atom stereocenters. The Hall–Kier alpha value is -2.69. The zero-order chi connectivity index (χ0) is 38.7. The lowest BCUT2D eigenvalue weighted by Crippen LogP contribution is -2.43. The molecule has 0 heterocycles. The van der Waals surface area contributed by atoms with Crippen LogP contribution in [0.3, 0.4) is 0 Å². The summed E-state index contributed by atoms with van der Waals surface area (Å²) in [7, 11) is 0. The maximum absolute atomic E-state index is 12.6. The molecule has 0 aliphatic heterocycles. The van der Waals surface area contributed by atoms with Crippen LogP contribution < -0.4 is 0 Å². The van der Waals surface area contributed by atoms with Gasteiger partial charge in [0.1, 0.15) is 13.2 Å². The number of carbonyl (C=O) groups excluding carboxylic acids is 3.